The van der Waals surface area contributed by atoms with E-state index in [4.69, 9.17) is 11.6 Å². The van der Waals surface area contributed by atoms with Gasteiger partial charge in [-0.25, -0.2) is 9.78 Å². The van der Waals surface area contributed by atoms with Gasteiger partial charge in [0, 0.05) is 66.0 Å². The number of nitrogens with zero attached hydrogens (tertiary/aromatic N) is 6. The first-order chi connectivity index (χ1) is 23.4. The van der Waals surface area contributed by atoms with Crippen LogP contribution in [0.1, 0.15) is 32.9 Å². The van der Waals surface area contributed by atoms with Crippen molar-refractivity contribution in [1.82, 2.24) is 19.4 Å². The van der Waals surface area contributed by atoms with Crippen LogP contribution in [0.25, 0.3) is 32.2 Å². The van der Waals surface area contributed by atoms with E-state index in [1.54, 1.807) is 24.3 Å². The maximum Gasteiger partial charge on any atom is 0.418 e. The molecule has 0 spiro atoms. The molecule has 250 valence electrons. The molecule has 0 atom stereocenters. The SMILES string of the molecule is Cc1nc2cc(C(F)(F)F)c(N3CCN(CCO)CC3)c(C#N)c2c(=O)n1CC#Cc1ccc(Cl)cc1-c1ccnc2c(C(=O)O)csc12. The number of carboxylic acid groups (broad SMARTS) is 1. The van der Waals surface area contributed by atoms with Gasteiger partial charge in [-0.2, -0.15) is 18.4 Å². The zero-order valence-electron chi connectivity index (χ0n) is 25.8. The Morgan fingerprint density at radius 3 is 2.57 bits per heavy atom. The molecular formula is C34H26ClF3N6O4S. The third kappa shape index (κ3) is 6.44. The minimum Gasteiger partial charge on any atom is -0.478 e. The topological polar surface area (TPSA) is 136 Å². The van der Waals surface area contributed by atoms with E-state index in [-0.39, 0.29) is 54.2 Å². The zero-order chi connectivity index (χ0) is 35.0. The molecule has 0 aliphatic carbocycles. The van der Waals surface area contributed by atoms with Crippen LogP contribution in [0.4, 0.5) is 18.9 Å². The summed E-state index contributed by atoms with van der Waals surface area (Å²) in [5.74, 6) is 5.01. The molecule has 0 bridgehead atoms. The summed E-state index contributed by atoms with van der Waals surface area (Å²) in [5, 5.41) is 30.7. The lowest BCUT2D eigenvalue weighted by Crippen LogP contribution is -2.48. The van der Waals surface area contributed by atoms with Gasteiger partial charge in [0.25, 0.3) is 5.56 Å². The number of carboxylic acids is 1. The monoisotopic (exact) mass is 706 g/mol. The van der Waals surface area contributed by atoms with Gasteiger partial charge in [-0.05, 0) is 37.3 Å². The molecule has 0 unspecified atom stereocenters. The van der Waals surface area contributed by atoms with Gasteiger partial charge in [0.05, 0.1) is 56.6 Å². The van der Waals surface area contributed by atoms with Gasteiger partial charge < -0.3 is 15.1 Å². The van der Waals surface area contributed by atoms with Crippen molar-refractivity contribution < 1.29 is 28.2 Å². The Morgan fingerprint density at radius 1 is 1.14 bits per heavy atom. The van der Waals surface area contributed by atoms with E-state index in [0.29, 0.717) is 51.6 Å². The van der Waals surface area contributed by atoms with E-state index in [1.165, 1.54) is 39.3 Å². The fraction of sp³-hybridized carbons (Fsp3) is 0.265. The van der Waals surface area contributed by atoms with Crippen LogP contribution in [-0.4, -0.2) is 74.9 Å². The highest BCUT2D eigenvalue weighted by Gasteiger charge is 2.39. The first-order valence-corrected chi connectivity index (χ1v) is 16.2. The van der Waals surface area contributed by atoms with Gasteiger partial charge in [0.15, 0.2) is 0 Å². The number of aromatic carboxylic acids is 1. The molecule has 2 N–H and O–H groups in total. The highest BCUT2D eigenvalue weighted by Crippen LogP contribution is 2.42. The van der Waals surface area contributed by atoms with E-state index in [1.807, 2.05) is 11.0 Å². The lowest BCUT2D eigenvalue weighted by atomic mass is 9.99. The van der Waals surface area contributed by atoms with Gasteiger partial charge in [-0.3, -0.25) is 19.2 Å². The first-order valence-electron chi connectivity index (χ1n) is 14.9. The molecule has 1 fully saturated rings. The molecule has 1 aliphatic heterocycles. The van der Waals surface area contributed by atoms with Crippen LogP contribution >= 0.6 is 22.9 Å². The lowest BCUT2D eigenvalue weighted by Gasteiger charge is -2.37. The number of alkyl halides is 3. The highest BCUT2D eigenvalue weighted by atomic mass is 35.5. The smallest absolute Gasteiger partial charge is 0.418 e. The van der Waals surface area contributed by atoms with Crippen molar-refractivity contribution in [1.29, 1.82) is 5.26 Å². The summed E-state index contributed by atoms with van der Waals surface area (Å²) < 4.78 is 45.1. The second kappa shape index (κ2) is 13.5. The minimum absolute atomic E-state index is 0.0707. The summed E-state index contributed by atoms with van der Waals surface area (Å²) in [4.78, 5) is 37.6. The predicted octanol–water partition coefficient (Wildman–Crippen LogP) is 5.39. The maximum absolute atomic E-state index is 14.4. The van der Waals surface area contributed by atoms with Crippen molar-refractivity contribution in [2.24, 2.45) is 0 Å². The quantitative estimate of drug-likeness (QED) is 0.223. The molecule has 6 rings (SSSR count). The van der Waals surface area contributed by atoms with Crippen LogP contribution in [0.3, 0.4) is 0 Å². The second-order valence-electron chi connectivity index (χ2n) is 11.2. The van der Waals surface area contributed by atoms with Crippen molar-refractivity contribution in [2.45, 2.75) is 19.6 Å². The molecule has 49 heavy (non-hydrogen) atoms. The number of aliphatic hydroxyl groups excluding tert-OH is 1. The molecule has 0 amide bonds. The number of aryl methyl sites for hydroxylation is 1. The van der Waals surface area contributed by atoms with Crippen LogP contribution in [0, 0.1) is 30.1 Å². The number of rotatable bonds is 6. The Labute approximate surface area is 286 Å². The van der Waals surface area contributed by atoms with Gasteiger partial charge in [0.2, 0.25) is 0 Å². The molecule has 1 aliphatic rings. The highest BCUT2D eigenvalue weighted by molar-refractivity contribution is 7.18. The third-order valence-corrected chi connectivity index (χ3v) is 9.59. The van der Waals surface area contributed by atoms with Crippen molar-refractivity contribution in [3.8, 4) is 29.0 Å². The van der Waals surface area contributed by atoms with Crippen molar-refractivity contribution in [2.75, 3.05) is 44.2 Å². The predicted molar refractivity (Wildman–Crippen MR) is 180 cm³/mol. The lowest BCUT2D eigenvalue weighted by molar-refractivity contribution is -0.137. The normalized spacial score (nSPS) is 13.8. The number of aromatic nitrogens is 3. The Hall–Kier alpha value is -4.99. The molecule has 10 nitrogen and oxygen atoms in total. The fourth-order valence-electron chi connectivity index (χ4n) is 6.01. The minimum atomic E-state index is -4.82. The molecule has 0 saturated carbocycles. The number of hydrogen-bond donors (Lipinski definition) is 2. The average molecular weight is 707 g/mol. The maximum atomic E-state index is 14.4. The Bertz CT molecular complexity index is 2300. The Morgan fingerprint density at radius 2 is 1.90 bits per heavy atom. The van der Waals surface area contributed by atoms with Crippen molar-refractivity contribution in [3.05, 3.63) is 85.4 Å². The van der Waals surface area contributed by atoms with Crippen LogP contribution in [-0.2, 0) is 12.7 Å². The van der Waals surface area contributed by atoms with Crippen LogP contribution in [0.2, 0.25) is 5.02 Å². The van der Waals surface area contributed by atoms with E-state index >= 15 is 0 Å². The number of β-amino-alcohol motifs (C(OH)–C–C–N with tert-alkyl or cyclic N) is 1. The van der Waals surface area contributed by atoms with Gasteiger partial charge in [-0.1, -0.05) is 23.4 Å². The number of halogens is 4. The Kier molecular flexibility index (Phi) is 9.33. The summed E-state index contributed by atoms with van der Waals surface area (Å²) in [6.45, 7) is 2.66. The number of benzene rings is 2. The second-order valence-corrected chi connectivity index (χ2v) is 12.6. The fourth-order valence-corrected chi connectivity index (χ4v) is 7.21. The zero-order valence-corrected chi connectivity index (χ0v) is 27.4. The number of nitriles is 1. The van der Waals surface area contributed by atoms with Crippen LogP contribution < -0.4 is 10.5 Å². The molecule has 0 radical (unpaired) electrons. The summed E-state index contributed by atoms with van der Waals surface area (Å²) >= 11 is 7.56. The number of piperazine rings is 1. The standard InChI is InChI=1S/C34H26ClF3N6O4S/c1-19-41-27-16-26(34(36,37)38)30(43-11-9-42(10-12-43)13-14-45)24(17-39)28(27)32(46)44(19)8-2-3-20-4-5-21(35)15-23(20)22-6-7-40-29-25(33(47)48)18-49-31(22)29/h4-7,15-16,18,45H,8-14H2,1H3,(H,47,48). The van der Waals surface area contributed by atoms with Gasteiger partial charge in [-0.15, -0.1) is 11.3 Å². The molecule has 2 aromatic carbocycles. The molecule has 1 saturated heterocycles. The van der Waals surface area contributed by atoms with Gasteiger partial charge >= 0.3 is 12.1 Å². The van der Waals surface area contributed by atoms with Crippen molar-refractivity contribution >= 4 is 55.7 Å². The largest absolute Gasteiger partial charge is 0.478 e. The summed E-state index contributed by atoms with van der Waals surface area (Å²) in [5.41, 5.74) is -0.548. The number of hydrogen-bond acceptors (Lipinski definition) is 9. The van der Waals surface area contributed by atoms with E-state index in [2.05, 4.69) is 21.8 Å². The van der Waals surface area contributed by atoms with Crippen molar-refractivity contribution in [3.63, 3.8) is 0 Å². The third-order valence-electron chi connectivity index (χ3n) is 8.35. The summed E-state index contributed by atoms with van der Waals surface area (Å²) in [7, 11) is 0. The number of aliphatic hydroxyl groups is 1. The van der Waals surface area contributed by atoms with Crippen LogP contribution in [0.5, 0.6) is 0 Å². The van der Waals surface area contributed by atoms with E-state index in [0.717, 1.165) is 6.07 Å². The molecule has 5 aromatic rings. The summed E-state index contributed by atoms with van der Waals surface area (Å²) in [6, 6.07) is 9.45. The van der Waals surface area contributed by atoms with Crippen LogP contribution in [0.15, 0.2) is 46.7 Å². The van der Waals surface area contributed by atoms with E-state index < -0.39 is 28.8 Å². The molecule has 15 heteroatoms. The summed E-state index contributed by atoms with van der Waals surface area (Å²) in [6.07, 6.45) is -3.32. The molecule has 4 heterocycles. The number of pyridine rings is 1. The number of carbonyl (C=O) groups is 1. The van der Waals surface area contributed by atoms with E-state index in [9.17, 15) is 38.2 Å². The molecular weight excluding hydrogens is 681 g/mol. The first kappa shape index (κ1) is 33.9. The number of anilines is 1. The number of thiophene rings is 1. The average Bonchev–Trinajstić information content (AvgIpc) is 3.51. The molecule has 3 aromatic heterocycles. The number of fused-ring (bicyclic) bond motifs is 2. The van der Waals surface area contributed by atoms with Gasteiger partial charge in [0.1, 0.15) is 11.9 Å². The Balaban J connectivity index is 1.43.